The van der Waals surface area contributed by atoms with Gasteiger partial charge in [0.15, 0.2) is 0 Å². The number of nitrogens with one attached hydrogen (secondary N) is 1. The first kappa shape index (κ1) is 23.1. The van der Waals surface area contributed by atoms with Crippen molar-refractivity contribution in [3.8, 4) is 22.5 Å². The van der Waals surface area contributed by atoms with Gasteiger partial charge < -0.3 is 10.4 Å². The lowest BCUT2D eigenvalue weighted by molar-refractivity contribution is -0.140. The average Bonchev–Trinajstić information content (AvgIpc) is 3.32. The van der Waals surface area contributed by atoms with E-state index in [1.807, 2.05) is 0 Å². The number of alkyl halides is 1. The van der Waals surface area contributed by atoms with E-state index in [1.165, 1.54) is 26.2 Å². The smallest absolute Gasteiger partial charge is 0.252 e. The number of hydrogen-bond acceptors (Lipinski definition) is 6. The number of aliphatic hydroxyl groups is 1. The molecule has 1 aliphatic carbocycles. The quantitative estimate of drug-likeness (QED) is 0.580. The van der Waals surface area contributed by atoms with Crippen LogP contribution in [0.15, 0.2) is 24.4 Å². The number of tetrazole rings is 1. The van der Waals surface area contributed by atoms with Gasteiger partial charge in [-0.25, -0.2) is 13.2 Å². The molecule has 1 aliphatic rings. The SMILES string of the molecule is CC(NC(=O)C1(O)CCC(F)C1)c1ncc(-c2cc(Cl)cc(F)c2-c2nnn(C)n2)cc1F. The number of carbonyl (C=O) groups is 1. The van der Waals surface area contributed by atoms with Gasteiger partial charge in [-0.05, 0) is 48.7 Å². The summed E-state index contributed by atoms with van der Waals surface area (Å²) < 4.78 is 43.2. The van der Waals surface area contributed by atoms with Gasteiger partial charge in [0.25, 0.3) is 5.91 Å². The van der Waals surface area contributed by atoms with Crippen molar-refractivity contribution in [3.63, 3.8) is 0 Å². The predicted octanol–water partition coefficient (Wildman–Crippen LogP) is 3.30. The molecule has 33 heavy (non-hydrogen) atoms. The fraction of sp³-hybridized carbons (Fsp3) is 0.381. The standard InChI is InChI=1S/C21H20ClF3N6O2/c1-10(27-20(32)21(33)4-3-13(23)8-21)18-16(25)5-11(9-26-18)14-6-12(22)7-15(24)17(14)19-28-30-31(2)29-19/h5-7,9-10,13,33H,3-4,8H2,1-2H3,(H,27,32). The highest BCUT2D eigenvalue weighted by atomic mass is 35.5. The molecule has 12 heteroatoms. The number of aryl methyl sites for hydroxylation is 1. The van der Waals surface area contributed by atoms with E-state index in [2.05, 4.69) is 25.7 Å². The molecule has 0 saturated heterocycles. The molecule has 0 spiro atoms. The lowest BCUT2D eigenvalue weighted by Crippen LogP contribution is -2.46. The number of hydrogen-bond donors (Lipinski definition) is 2. The zero-order valence-electron chi connectivity index (χ0n) is 17.7. The van der Waals surface area contributed by atoms with E-state index in [-0.39, 0.29) is 52.5 Å². The van der Waals surface area contributed by atoms with Crippen LogP contribution in [-0.2, 0) is 11.8 Å². The van der Waals surface area contributed by atoms with E-state index in [1.54, 1.807) is 0 Å². The van der Waals surface area contributed by atoms with Crippen LogP contribution in [0.25, 0.3) is 22.5 Å². The van der Waals surface area contributed by atoms with Crippen molar-refractivity contribution in [2.75, 3.05) is 0 Å². The molecule has 2 heterocycles. The number of nitrogens with zero attached hydrogens (tertiary/aromatic N) is 5. The summed E-state index contributed by atoms with van der Waals surface area (Å²) >= 11 is 6.02. The molecule has 0 radical (unpaired) electrons. The van der Waals surface area contributed by atoms with Gasteiger partial charge in [-0.3, -0.25) is 9.78 Å². The topological polar surface area (TPSA) is 106 Å². The Hall–Kier alpha value is -3.05. The third kappa shape index (κ3) is 4.55. The van der Waals surface area contributed by atoms with E-state index in [0.29, 0.717) is 0 Å². The van der Waals surface area contributed by atoms with Gasteiger partial charge >= 0.3 is 0 Å². The molecular weight excluding hydrogens is 461 g/mol. The summed E-state index contributed by atoms with van der Waals surface area (Å²) in [5.74, 6) is -2.29. The first-order chi connectivity index (χ1) is 15.6. The van der Waals surface area contributed by atoms with E-state index in [0.717, 1.165) is 16.9 Å². The minimum Gasteiger partial charge on any atom is -0.380 e. The summed E-state index contributed by atoms with van der Waals surface area (Å²) in [6.45, 7) is 1.49. The van der Waals surface area contributed by atoms with Gasteiger partial charge in [-0.1, -0.05) is 11.6 Å². The second-order valence-corrected chi connectivity index (χ2v) is 8.51. The first-order valence-electron chi connectivity index (χ1n) is 10.1. The molecule has 3 aromatic rings. The Kier molecular flexibility index (Phi) is 6.10. The number of aromatic nitrogens is 5. The second-order valence-electron chi connectivity index (χ2n) is 8.07. The van der Waals surface area contributed by atoms with Gasteiger partial charge in [0.2, 0.25) is 5.82 Å². The molecule has 3 unspecified atom stereocenters. The molecular formula is C21H20ClF3N6O2. The highest BCUT2D eigenvalue weighted by molar-refractivity contribution is 6.31. The summed E-state index contributed by atoms with van der Waals surface area (Å²) in [6, 6.07) is 2.73. The Bertz CT molecular complexity index is 1220. The Morgan fingerprint density at radius 2 is 2.09 bits per heavy atom. The maximum absolute atomic E-state index is 15.0. The Labute approximate surface area is 191 Å². The van der Waals surface area contributed by atoms with Crippen LogP contribution >= 0.6 is 11.6 Å². The summed E-state index contributed by atoms with van der Waals surface area (Å²) in [6.07, 6.45) is -0.199. The number of benzene rings is 1. The maximum Gasteiger partial charge on any atom is 0.252 e. The molecule has 1 aromatic carbocycles. The van der Waals surface area contributed by atoms with Crippen LogP contribution in [-0.4, -0.2) is 48.0 Å². The van der Waals surface area contributed by atoms with Crippen LogP contribution in [0.2, 0.25) is 5.02 Å². The Balaban J connectivity index is 1.64. The molecule has 2 N–H and O–H groups in total. The van der Waals surface area contributed by atoms with Crippen LogP contribution in [0.3, 0.4) is 0 Å². The summed E-state index contributed by atoms with van der Waals surface area (Å²) in [5, 5.41) is 24.4. The molecule has 4 rings (SSSR count). The van der Waals surface area contributed by atoms with E-state index < -0.39 is 35.4 Å². The van der Waals surface area contributed by atoms with Crippen molar-refractivity contribution in [2.24, 2.45) is 7.05 Å². The van der Waals surface area contributed by atoms with Gasteiger partial charge in [-0.15, -0.1) is 10.2 Å². The summed E-state index contributed by atoms with van der Waals surface area (Å²) in [5.41, 5.74) is -1.55. The molecule has 2 aromatic heterocycles. The largest absolute Gasteiger partial charge is 0.380 e. The number of halogens is 4. The van der Waals surface area contributed by atoms with Crippen molar-refractivity contribution in [3.05, 3.63) is 46.7 Å². The van der Waals surface area contributed by atoms with Crippen LogP contribution < -0.4 is 5.32 Å². The van der Waals surface area contributed by atoms with Crippen LogP contribution in [0.4, 0.5) is 13.2 Å². The molecule has 0 bridgehead atoms. The van der Waals surface area contributed by atoms with E-state index in [4.69, 9.17) is 11.6 Å². The van der Waals surface area contributed by atoms with Crippen molar-refractivity contribution < 1.29 is 23.1 Å². The first-order valence-corrected chi connectivity index (χ1v) is 10.5. The molecule has 8 nitrogen and oxygen atoms in total. The predicted molar refractivity (Wildman–Crippen MR) is 113 cm³/mol. The zero-order chi connectivity index (χ0) is 23.9. The normalized spacial score (nSPS) is 21.2. The number of amides is 1. The molecule has 1 fully saturated rings. The van der Waals surface area contributed by atoms with Crippen molar-refractivity contribution in [1.29, 1.82) is 0 Å². The van der Waals surface area contributed by atoms with E-state index in [9.17, 15) is 23.1 Å². The highest BCUT2D eigenvalue weighted by Gasteiger charge is 2.44. The molecule has 0 aliphatic heterocycles. The Morgan fingerprint density at radius 1 is 1.33 bits per heavy atom. The van der Waals surface area contributed by atoms with Gasteiger partial charge in [0.1, 0.15) is 23.4 Å². The molecule has 1 saturated carbocycles. The lowest BCUT2D eigenvalue weighted by Gasteiger charge is -2.24. The van der Waals surface area contributed by atoms with Gasteiger partial charge in [0.05, 0.1) is 24.3 Å². The second kappa shape index (κ2) is 8.71. The minimum atomic E-state index is -1.83. The lowest BCUT2D eigenvalue weighted by atomic mass is 9.98. The van der Waals surface area contributed by atoms with Gasteiger partial charge in [-0.2, -0.15) is 4.80 Å². The summed E-state index contributed by atoms with van der Waals surface area (Å²) in [4.78, 5) is 17.7. The number of pyridine rings is 1. The van der Waals surface area contributed by atoms with E-state index >= 15 is 0 Å². The van der Waals surface area contributed by atoms with Crippen molar-refractivity contribution in [2.45, 2.75) is 44.0 Å². The fourth-order valence-corrected chi connectivity index (χ4v) is 4.10. The van der Waals surface area contributed by atoms with Gasteiger partial charge in [0, 0.05) is 23.2 Å². The fourth-order valence-electron chi connectivity index (χ4n) is 3.90. The minimum absolute atomic E-state index is 0.0113. The van der Waals surface area contributed by atoms with Crippen LogP contribution in [0.1, 0.15) is 37.9 Å². The number of carbonyl (C=O) groups excluding carboxylic acids is 1. The van der Waals surface area contributed by atoms with Crippen LogP contribution in [0, 0.1) is 11.6 Å². The number of rotatable bonds is 5. The third-order valence-corrected chi connectivity index (χ3v) is 5.80. The van der Waals surface area contributed by atoms with Crippen molar-refractivity contribution >= 4 is 17.5 Å². The third-order valence-electron chi connectivity index (χ3n) is 5.58. The monoisotopic (exact) mass is 480 g/mol. The highest BCUT2D eigenvalue weighted by Crippen LogP contribution is 2.36. The van der Waals surface area contributed by atoms with Crippen LogP contribution in [0.5, 0.6) is 0 Å². The zero-order valence-corrected chi connectivity index (χ0v) is 18.4. The molecule has 174 valence electrons. The molecule has 3 atom stereocenters. The average molecular weight is 481 g/mol. The molecule has 1 amide bonds. The Morgan fingerprint density at radius 3 is 2.70 bits per heavy atom. The summed E-state index contributed by atoms with van der Waals surface area (Å²) in [7, 11) is 1.52. The maximum atomic E-state index is 15.0. The van der Waals surface area contributed by atoms with Crippen molar-refractivity contribution in [1.82, 2.24) is 30.5 Å².